The lowest BCUT2D eigenvalue weighted by molar-refractivity contribution is 0.0960. The van der Waals surface area contributed by atoms with Crippen molar-refractivity contribution < 1.29 is 4.79 Å². The molecule has 112 valence electrons. The molecule has 7 nitrogen and oxygen atoms in total. The van der Waals surface area contributed by atoms with Gasteiger partial charge in [0.15, 0.2) is 5.78 Å². The lowest BCUT2D eigenvalue weighted by Gasteiger charge is -2.10. The predicted octanol–water partition coefficient (Wildman–Crippen LogP) is 0.438. The Morgan fingerprint density at radius 3 is 2.68 bits per heavy atom. The standard InChI is InChI=1S/C15H14N4O3/c1-17-6-2-3-12(17)13(20)9-19-14(21)10(7-16)8-18(15(19)22)11-4-5-11/h2-3,6,8,11H,4-5,9H2,1H3. The van der Waals surface area contributed by atoms with E-state index in [0.29, 0.717) is 5.69 Å². The number of carbonyl (C=O) groups excluding carboxylic acids is 1. The number of hydrogen-bond donors (Lipinski definition) is 0. The number of nitriles is 1. The van der Waals surface area contributed by atoms with Gasteiger partial charge in [-0.1, -0.05) is 0 Å². The van der Waals surface area contributed by atoms with E-state index in [0.717, 1.165) is 17.4 Å². The minimum atomic E-state index is -0.716. The number of aromatic nitrogens is 3. The fourth-order valence-electron chi connectivity index (χ4n) is 2.43. The van der Waals surface area contributed by atoms with Crippen molar-refractivity contribution in [3.05, 3.63) is 56.6 Å². The average molecular weight is 298 g/mol. The summed E-state index contributed by atoms with van der Waals surface area (Å²) in [6.07, 6.45) is 4.69. The van der Waals surface area contributed by atoms with Crippen LogP contribution in [0.2, 0.25) is 0 Å². The van der Waals surface area contributed by atoms with Crippen molar-refractivity contribution in [3.8, 4) is 6.07 Å². The van der Waals surface area contributed by atoms with Crippen molar-refractivity contribution in [1.82, 2.24) is 13.7 Å². The van der Waals surface area contributed by atoms with Crippen LogP contribution in [-0.2, 0) is 13.6 Å². The maximum absolute atomic E-state index is 12.4. The molecule has 0 aromatic carbocycles. The SMILES string of the molecule is Cn1cccc1C(=O)Cn1c(=O)c(C#N)cn(C2CC2)c1=O. The Morgan fingerprint density at radius 1 is 1.41 bits per heavy atom. The van der Waals surface area contributed by atoms with Gasteiger partial charge >= 0.3 is 5.69 Å². The van der Waals surface area contributed by atoms with E-state index in [1.165, 1.54) is 10.8 Å². The van der Waals surface area contributed by atoms with Crippen molar-refractivity contribution in [2.24, 2.45) is 7.05 Å². The van der Waals surface area contributed by atoms with E-state index in [4.69, 9.17) is 5.26 Å². The molecule has 1 aliphatic rings. The molecule has 1 saturated carbocycles. The van der Waals surface area contributed by atoms with E-state index < -0.39 is 11.2 Å². The largest absolute Gasteiger partial charge is 0.348 e. The molecule has 0 spiro atoms. The van der Waals surface area contributed by atoms with Crippen LogP contribution in [0, 0.1) is 11.3 Å². The van der Waals surface area contributed by atoms with Gasteiger partial charge in [-0.3, -0.25) is 18.7 Å². The van der Waals surface area contributed by atoms with Crippen LogP contribution in [-0.4, -0.2) is 19.5 Å². The molecule has 0 amide bonds. The molecule has 0 unspecified atom stereocenters. The van der Waals surface area contributed by atoms with Crippen LogP contribution in [0.25, 0.3) is 0 Å². The number of aryl methyl sites for hydroxylation is 1. The molecule has 2 aromatic rings. The summed E-state index contributed by atoms with van der Waals surface area (Å²) in [6.45, 7) is -0.363. The summed E-state index contributed by atoms with van der Waals surface area (Å²) in [7, 11) is 1.71. The van der Waals surface area contributed by atoms with E-state index in [1.807, 2.05) is 0 Å². The molecule has 2 heterocycles. The molecule has 22 heavy (non-hydrogen) atoms. The van der Waals surface area contributed by atoms with Crippen LogP contribution in [0.3, 0.4) is 0 Å². The highest BCUT2D eigenvalue weighted by molar-refractivity contribution is 5.94. The second kappa shape index (κ2) is 5.15. The Morgan fingerprint density at radius 2 is 2.14 bits per heavy atom. The topological polar surface area (TPSA) is 89.8 Å². The average Bonchev–Trinajstić information content (AvgIpc) is 3.24. The molecule has 1 fully saturated rings. The van der Waals surface area contributed by atoms with Gasteiger partial charge in [0.1, 0.15) is 11.6 Å². The van der Waals surface area contributed by atoms with Crippen LogP contribution in [0.15, 0.2) is 34.1 Å². The Bertz CT molecular complexity index is 906. The van der Waals surface area contributed by atoms with Crippen LogP contribution in [0.5, 0.6) is 0 Å². The summed E-state index contributed by atoms with van der Waals surface area (Å²) in [5.41, 5.74) is -0.959. The number of ketones is 1. The van der Waals surface area contributed by atoms with Gasteiger partial charge in [0.25, 0.3) is 5.56 Å². The summed E-state index contributed by atoms with van der Waals surface area (Å²) in [4.78, 5) is 36.8. The summed E-state index contributed by atoms with van der Waals surface area (Å²) in [6, 6.07) is 5.16. The maximum Gasteiger partial charge on any atom is 0.331 e. The first-order chi connectivity index (χ1) is 10.5. The van der Waals surface area contributed by atoms with Gasteiger partial charge in [0, 0.05) is 25.5 Å². The summed E-state index contributed by atoms with van der Waals surface area (Å²) < 4.78 is 3.87. The minimum absolute atomic E-state index is 0.0246. The highest BCUT2D eigenvalue weighted by Crippen LogP contribution is 2.33. The van der Waals surface area contributed by atoms with E-state index in [9.17, 15) is 14.4 Å². The summed E-state index contributed by atoms with van der Waals surface area (Å²) >= 11 is 0. The maximum atomic E-state index is 12.4. The van der Waals surface area contributed by atoms with Crippen molar-refractivity contribution >= 4 is 5.78 Å². The lowest BCUT2D eigenvalue weighted by Crippen LogP contribution is -2.42. The van der Waals surface area contributed by atoms with E-state index in [2.05, 4.69) is 0 Å². The molecule has 0 saturated heterocycles. The molecular formula is C15H14N4O3. The summed E-state index contributed by atoms with van der Waals surface area (Å²) in [5, 5.41) is 9.05. The Hall–Kier alpha value is -2.88. The molecule has 1 aliphatic carbocycles. The minimum Gasteiger partial charge on any atom is -0.348 e. The van der Waals surface area contributed by atoms with Gasteiger partial charge in [0.2, 0.25) is 0 Å². The van der Waals surface area contributed by atoms with Crippen molar-refractivity contribution in [2.75, 3.05) is 0 Å². The first-order valence-corrected chi connectivity index (χ1v) is 6.93. The number of nitrogens with zero attached hydrogens (tertiary/aromatic N) is 4. The van der Waals surface area contributed by atoms with Gasteiger partial charge < -0.3 is 4.57 Å². The quantitative estimate of drug-likeness (QED) is 0.766. The molecule has 0 atom stereocenters. The van der Waals surface area contributed by atoms with Crippen molar-refractivity contribution in [1.29, 1.82) is 5.26 Å². The Labute approximate surface area is 125 Å². The molecular weight excluding hydrogens is 284 g/mol. The third kappa shape index (κ3) is 2.29. The fourth-order valence-corrected chi connectivity index (χ4v) is 2.43. The molecule has 7 heteroatoms. The van der Waals surface area contributed by atoms with Crippen molar-refractivity contribution in [3.63, 3.8) is 0 Å². The van der Waals surface area contributed by atoms with E-state index >= 15 is 0 Å². The predicted molar refractivity (Wildman–Crippen MR) is 77.7 cm³/mol. The van der Waals surface area contributed by atoms with Crippen LogP contribution < -0.4 is 11.2 Å². The number of Topliss-reactive ketones (excluding diaryl/α,β-unsaturated/α-hetero) is 1. The summed E-state index contributed by atoms with van der Waals surface area (Å²) in [5.74, 6) is -0.343. The lowest BCUT2D eigenvalue weighted by atomic mass is 10.2. The highest BCUT2D eigenvalue weighted by Gasteiger charge is 2.27. The zero-order valence-corrected chi connectivity index (χ0v) is 12.0. The molecule has 0 bridgehead atoms. The monoisotopic (exact) mass is 298 g/mol. The molecule has 0 radical (unpaired) electrons. The zero-order valence-electron chi connectivity index (χ0n) is 12.0. The van der Waals surface area contributed by atoms with Crippen LogP contribution >= 0.6 is 0 Å². The zero-order chi connectivity index (χ0) is 15.9. The van der Waals surface area contributed by atoms with Gasteiger partial charge in [-0.05, 0) is 25.0 Å². The number of rotatable bonds is 4. The molecule has 2 aromatic heterocycles. The normalized spacial score (nSPS) is 13.8. The first kappa shape index (κ1) is 14.1. The third-order valence-corrected chi connectivity index (χ3v) is 3.79. The van der Waals surface area contributed by atoms with Crippen LogP contribution in [0.4, 0.5) is 0 Å². The smallest absolute Gasteiger partial charge is 0.331 e. The first-order valence-electron chi connectivity index (χ1n) is 6.93. The van der Waals surface area contributed by atoms with E-state index in [1.54, 1.807) is 36.0 Å². The molecule has 0 aliphatic heterocycles. The second-order valence-electron chi connectivity index (χ2n) is 5.39. The van der Waals surface area contributed by atoms with Gasteiger partial charge in [-0.25, -0.2) is 4.79 Å². The third-order valence-electron chi connectivity index (χ3n) is 3.79. The van der Waals surface area contributed by atoms with Crippen molar-refractivity contribution in [2.45, 2.75) is 25.4 Å². The van der Waals surface area contributed by atoms with E-state index in [-0.39, 0.29) is 23.9 Å². The second-order valence-corrected chi connectivity index (χ2v) is 5.39. The Balaban J connectivity index is 2.07. The number of hydrogen-bond acceptors (Lipinski definition) is 4. The highest BCUT2D eigenvalue weighted by atomic mass is 16.2. The van der Waals surface area contributed by atoms with Gasteiger partial charge in [-0.2, -0.15) is 5.26 Å². The fraction of sp³-hybridized carbons (Fsp3) is 0.333. The van der Waals surface area contributed by atoms with Crippen LogP contribution in [0.1, 0.15) is 34.9 Å². The van der Waals surface area contributed by atoms with Gasteiger partial charge in [0.05, 0.1) is 12.2 Å². The van der Waals surface area contributed by atoms with Gasteiger partial charge in [-0.15, -0.1) is 0 Å². The number of carbonyl (C=O) groups is 1. The molecule has 0 N–H and O–H groups in total. The Kier molecular flexibility index (Phi) is 3.29. The molecule has 3 rings (SSSR count).